The fraction of sp³-hybridized carbons (Fsp3) is 0.389. The van der Waals surface area contributed by atoms with Crippen LogP contribution >= 0.6 is 0 Å². The minimum Gasteiger partial charge on any atom is -0.480 e. The highest BCUT2D eigenvalue weighted by Gasteiger charge is 2.37. The van der Waals surface area contributed by atoms with Gasteiger partial charge in [0.1, 0.15) is 6.04 Å². The van der Waals surface area contributed by atoms with Crippen molar-refractivity contribution in [1.82, 2.24) is 15.1 Å². The predicted octanol–water partition coefficient (Wildman–Crippen LogP) is 2.80. The van der Waals surface area contributed by atoms with Crippen LogP contribution in [0.2, 0.25) is 0 Å². The first-order valence-electron chi connectivity index (χ1n) is 8.44. The minimum atomic E-state index is -4.71. The number of nitrogens with one attached hydrogen (secondary N) is 1. The zero-order valence-electron chi connectivity index (χ0n) is 14.5. The number of nitrogens with zero attached hydrogens (tertiary/aromatic N) is 2. The molecule has 0 saturated heterocycles. The number of aromatic nitrogens is 2. The summed E-state index contributed by atoms with van der Waals surface area (Å²) in [5.74, 6) is -2.65. The van der Waals surface area contributed by atoms with Crippen LogP contribution in [0.15, 0.2) is 24.3 Å². The molecule has 1 aliphatic carbocycles. The first kappa shape index (κ1) is 18.9. The maximum absolute atomic E-state index is 12.6. The molecule has 0 spiro atoms. The van der Waals surface area contributed by atoms with Crippen molar-refractivity contribution >= 4 is 11.9 Å². The van der Waals surface area contributed by atoms with Gasteiger partial charge in [-0.3, -0.25) is 4.79 Å². The molecule has 1 aliphatic rings. The van der Waals surface area contributed by atoms with E-state index in [0.29, 0.717) is 18.4 Å². The van der Waals surface area contributed by atoms with Gasteiger partial charge in [0.2, 0.25) is 0 Å². The van der Waals surface area contributed by atoms with Crippen molar-refractivity contribution in [2.24, 2.45) is 0 Å². The Morgan fingerprint density at radius 3 is 2.52 bits per heavy atom. The zero-order chi connectivity index (χ0) is 19.8. The van der Waals surface area contributed by atoms with Gasteiger partial charge >= 0.3 is 12.1 Å². The molecule has 0 bridgehead atoms. The molecular weight excluding hydrogens is 363 g/mol. The molecule has 2 N–H and O–H groups in total. The Balaban J connectivity index is 1.90. The number of hydrogen-bond acceptors (Lipinski definition) is 3. The second-order valence-corrected chi connectivity index (χ2v) is 6.56. The van der Waals surface area contributed by atoms with Gasteiger partial charge in [0, 0.05) is 11.3 Å². The van der Waals surface area contributed by atoms with E-state index in [1.165, 1.54) is 0 Å². The lowest BCUT2D eigenvalue weighted by molar-refractivity contribution is -0.157. The van der Waals surface area contributed by atoms with Crippen LogP contribution in [0.25, 0.3) is 5.69 Å². The topological polar surface area (TPSA) is 84.2 Å². The molecule has 144 valence electrons. The molecular formula is C18H18F3N3O3. The molecule has 1 aromatic heterocycles. The number of benzene rings is 1. The van der Waals surface area contributed by atoms with Crippen LogP contribution in [0.1, 0.15) is 40.2 Å². The zero-order valence-corrected chi connectivity index (χ0v) is 14.5. The summed E-state index contributed by atoms with van der Waals surface area (Å²) < 4.78 is 39.3. The molecule has 0 saturated carbocycles. The Labute approximate surface area is 153 Å². The number of carbonyl (C=O) groups excluding carboxylic acids is 1. The number of amides is 1. The second kappa shape index (κ2) is 7.05. The Morgan fingerprint density at radius 2 is 1.93 bits per heavy atom. The van der Waals surface area contributed by atoms with Crippen LogP contribution in [-0.4, -0.2) is 39.0 Å². The number of rotatable bonds is 5. The van der Waals surface area contributed by atoms with Crippen molar-refractivity contribution in [3.8, 4) is 5.69 Å². The van der Waals surface area contributed by atoms with E-state index >= 15 is 0 Å². The average molecular weight is 381 g/mol. The predicted molar refractivity (Wildman–Crippen MR) is 89.9 cm³/mol. The molecule has 0 fully saturated rings. The summed E-state index contributed by atoms with van der Waals surface area (Å²) in [6.07, 6.45) is -4.30. The van der Waals surface area contributed by atoms with Crippen LogP contribution in [0.5, 0.6) is 0 Å². The SMILES string of the molecule is Cc1ccc(-n2nc(C(=O)NC(CC(F)(F)F)C(=O)O)c3c2CCC3)cc1. The van der Waals surface area contributed by atoms with Gasteiger partial charge in [-0.2, -0.15) is 18.3 Å². The summed E-state index contributed by atoms with van der Waals surface area (Å²) in [5.41, 5.74) is 3.26. The number of carbonyl (C=O) groups is 2. The summed E-state index contributed by atoms with van der Waals surface area (Å²) in [6, 6.07) is 5.40. The van der Waals surface area contributed by atoms with Crippen LogP contribution < -0.4 is 5.32 Å². The third-order valence-corrected chi connectivity index (χ3v) is 4.46. The number of carboxylic acids is 1. The molecule has 1 unspecified atom stereocenters. The molecule has 1 aromatic carbocycles. The summed E-state index contributed by atoms with van der Waals surface area (Å²) in [5, 5.41) is 15.2. The van der Waals surface area contributed by atoms with Gasteiger partial charge in [-0.15, -0.1) is 0 Å². The van der Waals surface area contributed by atoms with Crippen molar-refractivity contribution in [3.05, 3.63) is 46.8 Å². The van der Waals surface area contributed by atoms with Crippen LogP contribution in [0, 0.1) is 6.92 Å². The number of halogens is 3. The van der Waals surface area contributed by atoms with Crippen molar-refractivity contribution in [1.29, 1.82) is 0 Å². The van der Waals surface area contributed by atoms with Gasteiger partial charge in [0.15, 0.2) is 5.69 Å². The molecule has 9 heteroatoms. The number of fused-ring (bicyclic) bond motifs is 1. The number of carboxylic acid groups (broad SMARTS) is 1. The van der Waals surface area contributed by atoms with Gasteiger partial charge in [-0.1, -0.05) is 17.7 Å². The van der Waals surface area contributed by atoms with E-state index in [9.17, 15) is 22.8 Å². The highest BCUT2D eigenvalue weighted by molar-refractivity contribution is 5.96. The number of alkyl halides is 3. The summed E-state index contributed by atoms with van der Waals surface area (Å²) in [7, 11) is 0. The normalized spacial score (nSPS) is 14.7. The quantitative estimate of drug-likeness (QED) is 0.834. The lowest BCUT2D eigenvalue weighted by Crippen LogP contribution is -2.44. The van der Waals surface area contributed by atoms with Crippen molar-refractivity contribution in [2.45, 2.75) is 44.8 Å². The molecule has 2 aromatic rings. The summed E-state index contributed by atoms with van der Waals surface area (Å²) in [6.45, 7) is 1.93. The summed E-state index contributed by atoms with van der Waals surface area (Å²) in [4.78, 5) is 23.6. The third kappa shape index (κ3) is 4.12. The van der Waals surface area contributed by atoms with E-state index < -0.39 is 30.5 Å². The van der Waals surface area contributed by atoms with Gasteiger partial charge in [-0.25, -0.2) is 9.48 Å². The number of aliphatic carboxylic acids is 1. The van der Waals surface area contributed by atoms with Gasteiger partial charge < -0.3 is 10.4 Å². The van der Waals surface area contributed by atoms with Crippen molar-refractivity contribution < 1.29 is 27.9 Å². The standard InChI is InChI=1S/C18H18F3N3O3/c1-10-5-7-11(8-6-10)24-14-4-2-3-12(14)15(23-24)16(25)22-13(17(26)27)9-18(19,20)21/h5-8,13H,2-4,9H2,1H3,(H,22,25)(H,26,27). The molecule has 3 rings (SSSR count). The molecule has 1 heterocycles. The van der Waals surface area contributed by atoms with Crippen LogP contribution in [-0.2, 0) is 17.6 Å². The molecule has 6 nitrogen and oxygen atoms in total. The highest BCUT2D eigenvalue weighted by Crippen LogP contribution is 2.28. The smallest absolute Gasteiger partial charge is 0.391 e. The van der Waals surface area contributed by atoms with E-state index in [4.69, 9.17) is 5.11 Å². The maximum atomic E-state index is 12.6. The number of hydrogen-bond donors (Lipinski definition) is 2. The lowest BCUT2D eigenvalue weighted by atomic mass is 10.1. The first-order valence-corrected chi connectivity index (χ1v) is 8.44. The third-order valence-electron chi connectivity index (χ3n) is 4.46. The van der Waals surface area contributed by atoms with Crippen LogP contribution in [0.3, 0.4) is 0 Å². The molecule has 1 amide bonds. The highest BCUT2D eigenvalue weighted by atomic mass is 19.4. The molecule has 0 aliphatic heterocycles. The average Bonchev–Trinajstić information content (AvgIpc) is 3.16. The maximum Gasteiger partial charge on any atom is 0.391 e. The fourth-order valence-corrected chi connectivity index (χ4v) is 3.18. The molecule has 1 atom stereocenters. The number of aryl methyl sites for hydroxylation is 1. The molecule has 27 heavy (non-hydrogen) atoms. The Hall–Kier alpha value is -2.84. The first-order chi connectivity index (χ1) is 12.7. The molecule has 0 radical (unpaired) electrons. The Bertz CT molecular complexity index is 872. The van der Waals surface area contributed by atoms with Crippen molar-refractivity contribution in [3.63, 3.8) is 0 Å². The van der Waals surface area contributed by atoms with Gasteiger partial charge in [-0.05, 0) is 38.3 Å². The largest absolute Gasteiger partial charge is 0.480 e. The van der Waals surface area contributed by atoms with Gasteiger partial charge in [0.25, 0.3) is 5.91 Å². The fourth-order valence-electron chi connectivity index (χ4n) is 3.18. The lowest BCUT2D eigenvalue weighted by Gasteiger charge is -2.15. The monoisotopic (exact) mass is 381 g/mol. The van der Waals surface area contributed by atoms with E-state index in [1.54, 1.807) is 4.68 Å². The van der Waals surface area contributed by atoms with Crippen LogP contribution in [0.4, 0.5) is 13.2 Å². The van der Waals surface area contributed by atoms with Gasteiger partial charge in [0.05, 0.1) is 12.1 Å². The Kier molecular flexibility index (Phi) is 4.95. The van der Waals surface area contributed by atoms with Crippen molar-refractivity contribution in [2.75, 3.05) is 0 Å². The van der Waals surface area contributed by atoms with E-state index in [0.717, 1.165) is 23.4 Å². The second-order valence-electron chi connectivity index (χ2n) is 6.56. The minimum absolute atomic E-state index is 0.0171. The van der Waals surface area contributed by atoms with E-state index in [1.807, 2.05) is 36.5 Å². The van der Waals surface area contributed by atoms with E-state index in [2.05, 4.69) is 5.10 Å². The van der Waals surface area contributed by atoms with E-state index in [-0.39, 0.29) is 5.69 Å². The summed E-state index contributed by atoms with van der Waals surface area (Å²) >= 11 is 0. The Morgan fingerprint density at radius 1 is 1.26 bits per heavy atom.